The van der Waals surface area contributed by atoms with Crippen LogP contribution in [-0.2, 0) is 13.6 Å². The van der Waals surface area contributed by atoms with Crippen molar-refractivity contribution in [3.8, 4) is 0 Å². The van der Waals surface area contributed by atoms with E-state index >= 15 is 0 Å². The number of hydrogen-bond acceptors (Lipinski definition) is 4. The molecule has 0 aliphatic rings. The number of quaternary nitrogens is 1. The van der Waals surface area contributed by atoms with E-state index in [2.05, 4.69) is 9.05 Å². The van der Waals surface area contributed by atoms with Gasteiger partial charge in [0.1, 0.15) is 0 Å². The van der Waals surface area contributed by atoms with Crippen LogP contribution in [0.25, 0.3) is 0 Å². The van der Waals surface area contributed by atoms with E-state index < -0.39 is 7.82 Å². The fraction of sp³-hybridized carbons (Fsp3) is 1.00. The Morgan fingerprint density at radius 2 is 2.27 bits per heavy atom. The number of phosphoric ester groups is 1. The van der Waals surface area contributed by atoms with Gasteiger partial charge in [0.2, 0.25) is 0 Å². The molecule has 0 heterocycles. The van der Waals surface area contributed by atoms with Crippen LogP contribution >= 0.6 is 7.82 Å². The first kappa shape index (κ1) is 9.16. The summed E-state index contributed by atoms with van der Waals surface area (Å²) in [6.45, 7) is -0.0852. The zero-order valence-corrected chi connectivity index (χ0v) is 7.84. The maximum absolute atomic E-state index is 10.7. The molecule has 0 aromatic carbocycles. The molecule has 0 aromatic rings. The quantitative estimate of drug-likeness (QED) is 0.345. The highest BCUT2D eigenvalue weighted by atomic mass is 31.2. The van der Waals surface area contributed by atoms with Crippen molar-refractivity contribution in [1.29, 1.82) is 0 Å². The van der Waals surface area contributed by atoms with E-state index in [0.717, 1.165) is 7.11 Å². The van der Waals surface area contributed by atoms with Crippen molar-refractivity contribution in [1.82, 2.24) is 0 Å². The van der Waals surface area contributed by atoms with Gasteiger partial charge in [0.05, 0.1) is 22.5 Å². The van der Waals surface area contributed by atoms with Crippen molar-refractivity contribution in [3.63, 3.8) is 0 Å². The number of nitrogens with zero attached hydrogens (tertiary/aromatic N) is 1. The molecule has 0 fully saturated rings. The van der Waals surface area contributed by atoms with Gasteiger partial charge in [-0.25, -0.2) is 0 Å². The Labute approximate surface area is 68.1 Å². The smallest absolute Gasteiger partial charge is 0.272 e. The molecule has 0 aliphatic carbocycles. The lowest BCUT2D eigenvalue weighted by atomic mass is 10.7. The van der Waals surface area contributed by atoms with Gasteiger partial charge in [0.15, 0.2) is 6.73 Å². The SMILES string of the molecule is [3H]C[N+](C)(C)COP(=O)([O-])OC. The van der Waals surface area contributed by atoms with E-state index in [9.17, 15) is 9.46 Å². The Morgan fingerprint density at radius 1 is 1.73 bits per heavy atom. The van der Waals surface area contributed by atoms with Crippen molar-refractivity contribution in [2.24, 2.45) is 0 Å². The highest BCUT2D eigenvalue weighted by Crippen LogP contribution is 2.36. The lowest BCUT2D eigenvalue weighted by Crippen LogP contribution is -2.36. The van der Waals surface area contributed by atoms with Crippen LogP contribution in [0, 0.1) is 0 Å². The molecule has 0 radical (unpaired) electrons. The maximum Gasteiger partial charge on any atom is 0.272 e. The molecule has 1 atom stereocenters. The third-order valence-corrected chi connectivity index (χ3v) is 1.67. The average molecular weight is 185 g/mol. The number of rotatable bonds is 4. The van der Waals surface area contributed by atoms with Gasteiger partial charge >= 0.3 is 0 Å². The minimum atomic E-state index is -4.13. The molecule has 0 amide bonds. The number of hydrogen-bond donors (Lipinski definition) is 0. The second-order valence-electron chi connectivity index (χ2n) is 2.82. The Kier molecular flexibility index (Phi) is 3.04. The molecular weight excluding hydrogens is 169 g/mol. The van der Waals surface area contributed by atoms with Gasteiger partial charge in [-0.2, -0.15) is 0 Å². The summed E-state index contributed by atoms with van der Waals surface area (Å²) in [5, 5.41) is 0. The molecule has 0 aromatic heterocycles. The van der Waals surface area contributed by atoms with Crippen LogP contribution in [0.2, 0.25) is 0 Å². The average Bonchev–Trinajstić information content (AvgIpc) is 2.02. The van der Waals surface area contributed by atoms with Crippen molar-refractivity contribution in [2.45, 2.75) is 0 Å². The molecule has 6 heteroatoms. The minimum Gasteiger partial charge on any atom is -0.756 e. The van der Waals surface area contributed by atoms with Gasteiger partial charge in [-0.05, 0) is 0 Å². The summed E-state index contributed by atoms with van der Waals surface area (Å²) >= 11 is 0. The van der Waals surface area contributed by atoms with Gasteiger partial charge in [-0.15, -0.1) is 0 Å². The first-order valence-electron chi connectivity index (χ1n) is 3.66. The number of phosphoric acid groups is 1. The van der Waals surface area contributed by atoms with E-state index in [0.29, 0.717) is 0 Å². The van der Waals surface area contributed by atoms with Crippen LogP contribution in [-0.4, -0.2) is 39.4 Å². The minimum absolute atomic E-state index is 0.0454. The van der Waals surface area contributed by atoms with Crippen molar-refractivity contribution < 1.29 is 24.4 Å². The molecule has 0 rings (SSSR count). The molecule has 68 valence electrons. The third kappa shape index (κ3) is 6.47. The molecule has 11 heavy (non-hydrogen) atoms. The molecule has 0 bridgehead atoms. The maximum atomic E-state index is 10.7. The molecule has 0 spiro atoms. The Balaban J connectivity index is 3.91. The molecule has 1 unspecified atom stereocenters. The fourth-order valence-corrected chi connectivity index (χ4v) is 0.839. The summed E-state index contributed by atoms with van der Waals surface area (Å²) in [5.41, 5.74) is 0. The van der Waals surface area contributed by atoms with E-state index in [4.69, 9.17) is 1.37 Å². The van der Waals surface area contributed by atoms with E-state index in [-0.39, 0.29) is 18.2 Å². The van der Waals surface area contributed by atoms with Crippen LogP contribution in [0.5, 0.6) is 0 Å². The van der Waals surface area contributed by atoms with Gasteiger partial charge in [-0.3, -0.25) is 9.09 Å². The molecule has 5 nitrogen and oxygen atoms in total. The van der Waals surface area contributed by atoms with E-state index in [1.165, 1.54) is 0 Å². The Morgan fingerprint density at radius 3 is 2.64 bits per heavy atom. The van der Waals surface area contributed by atoms with Crippen LogP contribution in [0.1, 0.15) is 1.37 Å². The predicted molar refractivity (Wildman–Crippen MR) is 38.6 cm³/mol. The van der Waals surface area contributed by atoms with Gasteiger partial charge < -0.3 is 13.9 Å². The molecule has 0 saturated heterocycles. The normalized spacial score (nSPS) is 19.1. The Hall–Kier alpha value is 0.0700. The molecule has 0 N–H and O–H groups in total. The van der Waals surface area contributed by atoms with Crippen molar-refractivity contribution >= 4 is 7.82 Å². The van der Waals surface area contributed by atoms with Crippen LogP contribution in [0.4, 0.5) is 0 Å². The fourth-order valence-electron chi connectivity index (χ4n) is 0.280. The van der Waals surface area contributed by atoms with Crippen LogP contribution in [0.15, 0.2) is 0 Å². The molecular formula is C5H14NO4P. The van der Waals surface area contributed by atoms with Gasteiger partial charge in [-0.1, -0.05) is 0 Å². The Bertz CT molecular complexity index is 186. The topological polar surface area (TPSA) is 58.6 Å². The first-order chi connectivity index (χ1) is 5.33. The zero-order valence-electron chi connectivity index (χ0n) is 7.94. The lowest BCUT2D eigenvalue weighted by molar-refractivity contribution is -0.887. The largest absolute Gasteiger partial charge is 0.756 e. The summed E-state index contributed by atoms with van der Waals surface area (Å²) in [4.78, 5) is 10.7. The zero-order chi connectivity index (χ0) is 9.83. The highest BCUT2D eigenvalue weighted by Gasteiger charge is 2.13. The van der Waals surface area contributed by atoms with Gasteiger partial charge in [0, 0.05) is 7.11 Å². The second kappa shape index (κ2) is 3.65. The highest BCUT2D eigenvalue weighted by molar-refractivity contribution is 7.45. The van der Waals surface area contributed by atoms with Crippen molar-refractivity contribution in [2.75, 3.05) is 35.0 Å². The van der Waals surface area contributed by atoms with Crippen LogP contribution in [0.3, 0.4) is 0 Å². The summed E-state index contributed by atoms with van der Waals surface area (Å²) in [6.07, 6.45) is 0. The van der Waals surface area contributed by atoms with Gasteiger partial charge in [0.25, 0.3) is 7.82 Å². The van der Waals surface area contributed by atoms with E-state index in [1.807, 2.05) is 0 Å². The summed E-state index contributed by atoms with van der Waals surface area (Å²) in [6, 6.07) is 0. The summed E-state index contributed by atoms with van der Waals surface area (Å²) in [5.74, 6) is 0. The second-order valence-corrected chi connectivity index (χ2v) is 4.34. The molecule has 0 aliphatic heterocycles. The third-order valence-electron chi connectivity index (χ3n) is 0.789. The van der Waals surface area contributed by atoms with Crippen LogP contribution < -0.4 is 4.89 Å². The predicted octanol–water partition coefficient (Wildman–Crippen LogP) is -0.219. The van der Waals surface area contributed by atoms with E-state index in [1.54, 1.807) is 14.1 Å². The van der Waals surface area contributed by atoms with Crippen molar-refractivity contribution in [3.05, 3.63) is 0 Å². The standard InChI is InChI=1S/C5H14NO4P/c1-6(2,3)5-10-11(7,8)9-4/h5H2,1-4H3/i1T. The molecule has 0 saturated carbocycles. The summed E-state index contributed by atoms with van der Waals surface area (Å²) in [7, 11) is 0.316. The lowest BCUT2D eigenvalue weighted by Gasteiger charge is -2.27. The monoisotopic (exact) mass is 185 g/mol. The summed E-state index contributed by atoms with van der Waals surface area (Å²) < 4.78 is 26.4. The first-order valence-corrected chi connectivity index (χ1v) is 4.41.